The molecule has 0 bridgehead atoms. The van der Waals surface area contributed by atoms with Crippen molar-refractivity contribution in [1.29, 1.82) is 0 Å². The van der Waals surface area contributed by atoms with Gasteiger partial charge in [-0.25, -0.2) is 19.2 Å². The second-order valence-corrected chi connectivity index (χ2v) is 8.96. The summed E-state index contributed by atoms with van der Waals surface area (Å²) < 4.78 is 0. The van der Waals surface area contributed by atoms with Crippen LogP contribution in [0.25, 0.3) is 0 Å². The standard InChI is InChI=1S/4C7H10O4.Zr/c4*1-3-5(4(2)8)6(9)7(10)11;/h4*5H,3H2,1-2H3,(H,10,11);. The predicted molar refractivity (Wildman–Crippen MR) is 148 cm³/mol. The molecule has 0 saturated heterocycles. The Kier molecular flexibility index (Phi) is 29.9. The maximum absolute atomic E-state index is 10.7. The van der Waals surface area contributed by atoms with Gasteiger partial charge in [0.15, 0.2) is 0 Å². The van der Waals surface area contributed by atoms with Crippen molar-refractivity contribution in [2.45, 2.75) is 81.1 Å². The van der Waals surface area contributed by atoms with E-state index in [1.165, 1.54) is 27.7 Å². The van der Waals surface area contributed by atoms with Crippen LogP contribution in [-0.4, -0.2) is 90.6 Å². The van der Waals surface area contributed by atoms with Crippen molar-refractivity contribution in [3.8, 4) is 0 Å². The normalized spacial score (nSPS) is 11.9. The van der Waals surface area contributed by atoms with Crippen LogP contribution in [0.5, 0.6) is 0 Å². The van der Waals surface area contributed by atoms with Crippen LogP contribution in [-0.2, 0) is 83.7 Å². The maximum atomic E-state index is 10.7. The summed E-state index contributed by atoms with van der Waals surface area (Å²) >= 11 is 0. The second kappa shape index (κ2) is 26.5. The monoisotopic (exact) mass is 722 g/mol. The van der Waals surface area contributed by atoms with Crippen LogP contribution in [0.15, 0.2) is 0 Å². The van der Waals surface area contributed by atoms with E-state index in [0.717, 1.165) is 0 Å². The molecule has 0 aliphatic rings. The molecule has 0 aliphatic heterocycles. The molecule has 0 aromatic heterocycles. The largest absolute Gasteiger partial charge is 0.475 e. The zero-order valence-corrected chi connectivity index (χ0v) is 28.8. The van der Waals surface area contributed by atoms with E-state index in [-0.39, 0.29) is 75.0 Å². The van der Waals surface area contributed by atoms with Crippen molar-refractivity contribution >= 4 is 70.1 Å². The fraction of sp³-hybridized carbons (Fsp3) is 0.571. The minimum Gasteiger partial charge on any atom is -0.475 e. The topological polar surface area (TPSA) is 286 Å². The van der Waals surface area contributed by atoms with E-state index < -0.39 is 70.7 Å². The van der Waals surface area contributed by atoms with Gasteiger partial charge in [0.25, 0.3) is 0 Å². The molecule has 0 aromatic carbocycles. The summed E-state index contributed by atoms with van der Waals surface area (Å²) in [4.78, 5) is 126. The van der Waals surface area contributed by atoms with E-state index in [9.17, 15) is 57.5 Å². The van der Waals surface area contributed by atoms with Crippen molar-refractivity contribution in [2.75, 3.05) is 0 Å². The predicted octanol–water partition coefficient (Wildman–Crippen LogP) is 1.02. The summed E-state index contributed by atoms with van der Waals surface area (Å²) in [5, 5.41) is 32.9. The van der Waals surface area contributed by atoms with E-state index in [1.807, 2.05) is 0 Å². The van der Waals surface area contributed by atoms with Gasteiger partial charge in [-0.1, -0.05) is 27.7 Å². The Morgan fingerprint density at radius 3 is 0.489 bits per heavy atom. The fourth-order valence-electron chi connectivity index (χ4n) is 3.23. The van der Waals surface area contributed by atoms with E-state index in [0.29, 0.717) is 0 Å². The van der Waals surface area contributed by atoms with Crippen LogP contribution in [0.1, 0.15) is 81.1 Å². The van der Waals surface area contributed by atoms with Gasteiger partial charge in [0.05, 0.1) is 23.7 Å². The van der Waals surface area contributed by atoms with Crippen LogP contribution in [0.3, 0.4) is 0 Å². The third kappa shape index (κ3) is 21.5. The van der Waals surface area contributed by atoms with Crippen LogP contribution in [0.4, 0.5) is 0 Å². The van der Waals surface area contributed by atoms with E-state index in [4.69, 9.17) is 20.4 Å². The molecule has 0 amide bonds. The maximum Gasteiger partial charge on any atom is 0.372 e. The third-order valence-corrected chi connectivity index (χ3v) is 5.70. The van der Waals surface area contributed by atoms with Gasteiger partial charge in [0.2, 0.25) is 23.1 Å². The van der Waals surface area contributed by atoms with Gasteiger partial charge in [0, 0.05) is 26.2 Å². The van der Waals surface area contributed by atoms with E-state index >= 15 is 0 Å². The summed E-state index contributed by atoms with van der Waals surface area (Å²) in [5.74, 6) is -15.6. The zero-order chi connectivity index (χ0) is 36.1. The first-order valence-corrected chi connectivity index (χ1v) is 13.1. The molecule has 16 nitrogen and oxygen atoms in total. The Labute approximate surface area is 278 Å². The zero-order valence-electron chi connectivity index (χ0n) is 26.3. The number of carboxylic acids is 4. The van der Waals surface area contributed by atoms with Gasteiger partial charge in [-0.3, -0.25) is 38.4 Å². The van der Waals surface area contributed by atoms with Gasteiger partial charge in [-0.15, -0.1) is 0 Å². The third-order valence-electron chi connectivity index (χ3n) is 5.70. The summed E-state index contributed by atoms with van der Waals surface area (Å²) in [6.07, 6.45) is 1.00. The smallest absolute Gasteiger partial charge is 0.372 e. The molecule has 0 radical (unpaired) electrons. The Morgan fingerprint density at radius 1 is 0.356 bits per heavy atom. The number of Topliss-reactive ketones (excluding diaryl/α,β-unsaturated/α-hetero) is 8. The molecule has 252 valence electrons. The number of carboxylic acid groups (broad SMARTS) is 4. The molecule has 0 fully saturated rings. The second-order valence-electron chi connectivity index (χ2n) is 8.96. The summed E-state index contributed by atoms with van der Waals surface area (Å²) in [6, 6.07) is 0. The number of hydrogen-bond acceptors (Lipinski definition) is 12. The van der Waals surface area contributed by atoms with Crippen molar-refractivity contribution in [3.05, 3.63) is 0 Å². The van der Waals surface area contributed by atoms with Gasteiger partial charge < -0.3 is 20.4 Å². The number of aliphatic carboxylic acids is 4. The first-order valence-electron chi connectivity index (χ1n) is 13.1. The minimum absolute atomic E-state index is 0. The molecule has 0 aromatic rings. The number of rotatable bonds is 16. The van der Waals surface area contributed by atoms with E-state index in [1.54, 1.807) is 27.7 Å². The first-order chi connectivity index (χ1) is 20.0. The molecule has 45 heavy (non-hydrogen) atoms. The Morgan fingerprint density at radius 2 is 0.467 bits per heavy atom. The molecular formula is C28H40O16Zr. The summed E-state index contributed by atoms with van der Waals surface area (Å²) in [5.41, 5.74) is 0. The van der Waals surface area contributed by atoms with Crippen LogP contribution < -0.4 is 0 Å². The van der Waals surface area contributed by atoms with Gasteiger partial charge in [0.1, 0.15) is 23.1 Å². The average Bonchev–Trinajstić information content (AvgIpc) is 2.90. The molecule has 0 saturated carbocycles. The van der Waals surface area contributed by atoms with Crippen molar-refractivity contribution in [1.82, 2.24) is 0 Å². The van der Waals surface area contributed by atoms with Gasteiger partial charge in [-0.2, -0.15) is 0 Å². The Hall–Kier alpha value is -3.88. The Balaban J connectivity index is -0.000000157. The van der Waals surface area contributed by atoms with Crippen molar-refractivity contribution in [3.63, 3.8) is 0 Å². The number of ketones is 8. The number of carbonyl (C=O) groups is 12. The molecule has 0 spiro atoms. The average molecular weight is 724 g/mol. The van der Waals surface area contributed by atoms with Crippen LogP contribution in [0.2, 0.25) is 0 Å². The molecule has 0 rings (SSSR count). The molecule has 4 N–H and O–H groups in total. The fourth-order valence-corrected chi connectivity index (χ4v) is 3.23. The van der Waals surface area contributed by atoms with Crippen LogP contribution >= 0.6 is 0 Å². The molecular weight excluding hydrogens is 684 g/mol. The van der Waals surface area contributed by atoms with Crippen molar-refractivity contribution in [2.24, 2.45) is 23.7 Å². The molecule has 0 aliphatic carbocycles. The van der Waals surface area contributed by atoms with Gasteiger partial charge in [-0.05, 0) is 53.4 Å². The summed E-state index contributed by atoms with van der Waals surface area (Å²) in [6.45, 7) is 11.3. The molecule has 0 heterocycles. The first kappa shape index (κ1) is 50.7. The van der Waals surface area contributed by atoms with E-state index in [2.05, 4.69) is 0 Å². The minimum atomic E-state index is -1.54. The number of carbonyl (C=O) groups excluding carboxylic acids is 8. The number of hydrogen-bond donors (Lipinski definition) is 4. The van der Waals surface area contributed by atoms with Gasteiger partial charge >= 0.3 is 23.9 Å². The van der Waals surface area contributed by atoms with Crippen molar-refractivity contribution < 1.29 is 104 Å². The quantitative estimate of drug-likeness (QED) is 0.128. The summed E-state index contributed by atoms with van der Waals surface area (Å²) in [7, 11) is 0. The Bertz CT molecular complexity index is 961. The van der Waals surface area contributed by atoms with Crippen LogP contribution in [0, 0.1) is 23.7 Å². The SMILES string of the molecule is CCC(C(C)=O)C(=O)C(=O)O.CCC(C(C)=O)C(=O)C(=O)O.CCC(C(C)=O)C(=O)C(=O)O.CCC(C(C)=O)C(=O)C(=O)O.[Zr]. The molecule has 17 heteroatoms. The molecule has 4 unspecified atom stereocenters. The molecule has 4 atom stereocenters.